The molecule has 0 radical (unpaired) electrons. The molecule has 4 aromatic rings. The molecule has 0 aliphatic rings. The summed E-state index contributed by atoms with van der Waals surface area (Å²) in [6.07, 6.45) is 1.69. The molecule has 1 amide bonds. The summed E-state index contributed by atoms with van der Waals surface area (Å²) < 4.78 is 10.6. The van der Waals surface area contributed by atoms with Gasteiger partial charge in [0.1, 0.15) is 17.0 Å². The van der Waals surface area contributed by atoms with Crippen molar-refractivity contribution in [1.29, 1.82) is 0 Å². The number of ether oxygens (including phenoxy) is 1. The molecule has 1 aromatic carbocycles. The van der Waals surface area contributed by atoms with Crippen LogP contribution in [0.1, 0.15) is 0 Å². The summed E-state index contributed by atoms with van der Waals surface area (Å²) >= 11 is 1.31. The lowest BCUT2D eigenvalue weighted by molar-refractivity contribution is -0.118. The van der Waals surface area contributed by atoms with Crippen molar-refractivity contribution >= 4 is 33.3 Å². The molecule has 8 heteroatoms. The number of amides is 1. The number of nitrogens with one attached hydrogen (secondary N) is 1. The van der Waals surface area contributed by atoms with Gasteiger partial charge in [-0.25, -0.2) is 9.78 Å². The van der Waals surface area contributed by atoms with Gasteiger partial charge in [0, 0.05) is 29.1 Å². The fourth-order valence-corrected chi connectivity index (χ4v) is 3.12. The Hall–Kier alpha value is -3.52. The van der Waals surface area contributed by atoms with Gasteiger partial charge in [0.2, 0.25) is 0 Å². The van der Waals surface area contributed by atoms with E-state index in [2.05, 4.69) is 15.3 Å². The summed E-state index contributed by atoms with van der Waals surface area (Å²) in [5, 5.41) is 5.76. The van der Waals surface area contributed by atoms with E-state index in [9.17, 15) is 9.59 Å². The molecular weight excluding hydrogens is 366 g/mol. The Morgan fingerprint density at radius 3 is 2.89 bits per heavy atom. The number of hydrogen-bond acceptors (Lipinski definition) is 7. The van der Waals surface area contributed by atoms with Crippen LogP contribution >= 0.6 is 11.3 Å². The van der Waals surface area contributed by atoms with Crippen molar-refractivity contribution in [3.63, 3.8) is 0 Å². The standard InChI is InChI=1S/C19H13N3O4S/c23-17(22-19-21-15(11-27-19)14-3-1-2-8-20-14)10-25-13-6-4-12-5-7-18(24)26-16(12)9-13/h1-9,11H,10H2,(H,21,22,23). The molecule has 4 rings (SSSR count). The van der Waals surface area contributed by atoms with Gasteiger partial charge in [0.05, 0.1) is 5.69 Å². The fraction of sp³-hybridized carbons (Fsp3) is 0.0526. The highest BCUT2D eigenvalue weighted by Crippen LogP contribution is 2.23. The molecule has 0 atom stereocenters. The van der Waals surface area contributed by atoms with Crippen molar-refractivity contribution in [2.24, 2.45) is 0 Å². The molecule has 0 fully saturated rings. The maximum absolute atomic E-state index is 12.1. The summed E-state index contributed by atoms with van der Waals surface area (Å²) in [5.41, 5.74) is 1.40. The van der Waals surface area contributed by atoms with Crippen molar-refractivity contribution in [3.8, 4) is 17.1 Å². The van der Waals surface area contributed by atoms with Crippen LogP contribution in [0.15, 0.2) is 69.3 Å². The van der Waals surface area contributed by atoms with Gasteiger partial charge in [-0.3, -0.25) is 15.1 Å². The van der Waals surface area contributed by atoms with Crippen LogP contribution in [0.25, 0.3) is 22.4 Å². The van der Waals surface area contributed by atoms with Crippen molar-refractivity contribution in [1.82, 2.24) is 9.97 Å². The second-order valence-electron chi connectivity index (χ2n) is 5.54. The van der Waals surface area contributed by atoms with Crippen molar-refractivity contribution in [2.75, 3.05) is 11.9 Å². The van der Waals surface area contributed by atoms with Crippen LogP contribution in [-0.2, 0) is 4.79 Å². The highest BCUT2D eigenvalue weighted by Gasteiger charge is 2.10. The Morgan fingerprint density at radius 1 is 1.15 bits per heavy atom. The lowest BCUT2D eigenvalue weighted by Crippen LogP contribution is -2.20. The molecule has 134 valence electrons. The first-order valence-corrected chi connectivity index (χ1v) is 8.89. The second-order valence-corrected chi connectivity index (χ2v) is 6.40. The molecule has 1 N–H and O–H groups in total. The topological polar surface area (TPSA) is 94.3 Å². The van der Waals surface area contributed by atoms with Crippen LogP contribution in [0.2, 0.25) is 0 Å². The van der Waals surface area contributed by atoms with Crippen LogP contribution in [0, 0.1) is 0 Å². The zero-order valence-electron chi connectivity index (χ0n) is 13.9. The number of thiazole rings is 1. The Bertz CT molecular complexity index is 1150. The van der Waals surface area contributed by atoms with Gasteiger partial charge in [0.15, 0.2) is 11.7 Å². The normalized spacial score (nSPS) is 10.7. The van der Waals surface area contributed by atoms with Gasteiger partial charge in [-0.05, 0) is 30.3 Å². The van der Waals surface area contributed by atoms with Gasteiger partial charge in [-0.1, -0.05) is 6.07 Å². The van der Waals surface area contributed by atoms with E-state index in [-0.39, 0.29) is 12.5 Å². The van der Waals surface area contributed by atoms with Crippen molar-refractivity contribution < 1.29 is 13.9 Å². The Balaban J connectivity index is 1.39. The number of anilines is 1. The van der Waals surface area contributed by atoms with E-state index in [0.29, 0.717) is 22.2 Å². The van der Waals surface area contributed by atoms with Gasteiger partial charge < -0.3 is 9.15 Å². The third kappa shape index (κ3) is 4.01. The van der Waals surface area contributed by atoms with E-state index in [0.717, 1.165) is 11.1 Å². The lowest BCUT2D eigenvalue weighted by Gasteiger charge is -2.06. The van der Waals surface area contributed by atoms with E-state index in [1.54, 1.807) is 30.5 Å². The minimum absolute atomic E-state index is 0.193. The molecule has 0 spiro atoms. The monoisotopic (exact) mass is 379 g/mol. The van der Waals surface area contributed by atoms with E-state index in [4.69, 9.17) is 9.15 Å². The molecule has 0 bridgehead atoms. The number of nitrogens with zero attached hydrogens (tertiary/aromatic N) is 2. The third-order valence-corrected chi connectivity index (χ3v) is 4.40. The first-order chi connectivity index (χ1) is 13.2. The predicted molar refractivity (Wildman–Crippen MR) is 102 cm³/mol. The summed E-state index contributed by atoms with van der Waals surface area (Å²) in [6, 6.07) is 13.6. The molecule has 0 unspecified atom stereocenters. The van der Waals surface area contributed by atoms with Crippen molar-refractivity contribution in [2.45, 2.75) is 0 Å². The van der Waals surface area contributed by atoms with Gasteiger partial charge in [0.25, 0.3) is 5.91 Å². The van der Waals surface area contributed by atoms with Gasteiger partial charge in [-0.15, -0.1) is 11.3 Å². The highest BCUT2D eigenvalue weighted by atomic mass is 32.1. The van der Waals surface area contributed by atoms with Crippen LogP contribution in [0.3, 0.4) is 0 Å². The minimum atomic E-state index is -0.440. The van der Waals surface area contributed by atoms with E-state index < -0.39 is 5.63 Å². The first kappa shape index (κ1) is 16.9. The molecule has 0 saturated heterocycles. The maximum Gasteiger partial charge on any atom is 0.336 e. The first-order valence-electron chi connectivity index (χ1n) is 8.01. The third-order valence-electron chi connectivity index (χ3n) is 3.64. The molecule has 0 aliphatic carbocycles. The van der Waals surface area contributed by atoms with E-state index in [1.165, 1.54) is 17.4 Å². The second kappa shape index (κ2) is 7.38. The fourth-order valence-electron chi connectivity index (χ4n) is 2.40. The largest absolute Gasteiger partial charge is 0.484 e. The van der Waals surface area contributed by atoms with Crippen LogP contribution < -0.4 is 15.7 Å². The number of hydrogen-bond donors (Lipinski definition) is 1. The van der Waals surface area contributed by atoms with Crippen molar-refractivity contribution in [3.05, 3.63) is 70.5 Å². The SMILES string of the molecule is O=C(COc1ccc2ccc(=O)oc2c1)Nc1nc(-c2ccccn2)cs1. The number of aromatic nitrogens is 2. The van der Waals surface area contributed by atoms with E-state index in [1.807, 2.05) is 23.6 Å². The van der Waals surface area contributed by atoms with Crippen LogP contribution in [0.5, 0.6) is 5.75 Å². The molecule has 7 nitrogen and oxygen atoms in total. The van der Waals surface area contributed by atoms with Crippen LogP contribution in [-0.4, -0.2) is 22.5 Å². The molecule has 3 heterocycles. The smallest absolute Gasteiger partial charge is 0.336 e. The number of fused-ring (bicyclic) bond motifs is 1. The predicted octanol–water partition coefficient (Wildman–Crippen LogP) is 3.33. The number of benzene rings is 1. The lowest BCUT2D eigenvalue weighted by atomic mass is 10.2. The molecule has 27 heavy (non-hydrogen) atoms. The molecule has 3 aromatic heterocycles. The summed E-state index contributed by atoms with van der Waals surface area (Å²) in [6.45, 7) is -0.193. The summed E-state index contributed by atoms with van der Waals surface area (Å²) in [7, 11) is 0. The minimum Gasteiger partial charge on any atom is -0.484 e. The average Bonchev–Trinajstić information content (AvgIpc) is 3.15. The van der Waals surface area contributed by atoms with E-state index >= 15 is 0 Å². The van der Waals surface area contributed by atoms with Gasteiger partial charge in [-0.2, -0.15) is 0 Å². The number of carbonyl (C=O) groups excluding carboxylic acids is 1. The summed E-state index contributed by atoms with van der Waals surface area (Å²) in [4.78, 5) is 31.9. The molecule has 0 aliphatic heterocycles. The average molecular weight is 379 g/mol. The number of pyridine rings is 1. The quantitative estimate of drug-likeness (QED) is 0.535. The zero-order valence-corrected chi connectivity index (χ0v) is 14.7. The van der Waals surface area contributed by atoms with Crippen LogP contribution in [0.4, 0.5) is 5.13 Å². The van der Waals surface area contributed by atoms with Gasteiger partial charge >= 0.3 is 5.63 Å². The number of carbonyl (C=O) groups is 1. The number of rotatable bonds is 5. The zero-order chi connectivity index (χ0) is 18.6. The molecule has 0 saturated carbocycles. The molecular formula is C19H13N3O4S. The maximum atomic E-state index is 12.1. The Kier molecular flexibility index (Phi) is 4.63. The Labute approximate surface area is 157 Å². The highest BCUT2D eigenvalue weighted by molar-refractivity contribution is 7.14. The Morgan fingerprint density at radius 2 is 2.04 bits per heavy atom. The summed E-state index contributed by atoms with van der Waals surface area (Å²) in [5.74, 6) is 0.0897.